The fourth-order valence-electron chi connectivity index (χ4n) is 2.77. The summed E-state index contributed by atoms with van der Waals surface area (Å²) in [6.07, 6.45) is 5.67. The highest BCUT2D eigenvalue weighted by Gasteiger charge is 2.19. The Labute approximate surface area is 192 Å². The van der Waals surface area contributed by atoms with Gasteiger partial charge in [-0.1, -0.05) is 5.10 Å². The minimum absolute atomic E-state index is 0.334. The number of nitrogens with zero attached hydrogens (tertiary/aromatic N) is 4. The number of anilines is 1. The summed E-state index contributed by atoms with van der Waals surface area (Å²) in [5.74, 6) is 0.187. The van der Waals surface area contributed by atoms with E-state index in [1.165, 1.54) is 26.1 Å². The molecule has 1 aliphatic heterocycles. The average molecular weight is 508 g/mol. The zero-order chi connectivity index (χ0) is 22.2. The van der Waals surface area contributed by atoms with E-state index in [1.807, 2.05) is 13.0 Å². The molecule has 1 saturated heterocycles. The van der Waals surface area contributed by atoms with Crippen molar-refractivity contribution in [3.8, 4) is 22.1 Å². The van der Waals surface area contributed by atoms with Crippen LogP contribution in [0.1, 0.15) is 28.9 Å². The van der Waals surface area contributed by atoms with Gasteiger partial charge in [0.1, 0.15) is 10.4 Å². The van der Waals surface area contributed by atoms with Crippen molar-refractivity contribution in [1.82, 2.24) is 20.2 Å². The monoisotopic (exact) mass is 507 g/mol. The predicted octanol–water partition coefficient (Wildman–Crippen LogP) is 4.13. The molecule has 0 unspecified atom stereocenters. The van der Waals surface area contributed by atoms with Crippen molar-refractivity contribution < 1.29 is 19.0 Å². The molecule has 0 aromatic carbocycles. The number of carbonyl (C=O) groups is 1. The highest BCUT2D eigenvalue weighted by molar-refractivity contribution is 9.10. The number of hydrogen-bond acceptors (Lipinski definition) is 9. The maximum atomic E-state index is 12.8. The van der Waals surface area contributed by atoms with Crippen molar-refractivity contribution in [3.05, 3.63) is 40.4 Å². The largest absolute Gasteiger partial charge is 0.494 e. The molecule has 3 aromatic rings. The van der Waals surface area contributed by atoms with Crippen LogP contribution in [0.2, 0.25) is 0 Å². The number of carbonyl (C=O) groups excluding carboxylic acids is 1. The zero-order valence-electron chi connectivity index (χ0n) is 17.3. The zero-order valence-corrected chi connectivity index (χ0v) is 19.7. The van der Waals surface area contributed by atoms with E-state index >= 15 is 0 Å². The summed E-state index contributed by atoms with van der Waals surface area (Å²) >= 11 is 4.49. The standard InChI is InChI=1S/C16H14BrN5O3S.C4H8O/c1-8-4-9(10-5-13(17)19-7-12(10)24-2)11(6-18-8)14(23)20-15-21-22-16(25-3)26-15;1-2-4-5-3-1/h4-7H,1-3H3,(H,20,21,23);1-4H2. The van der Waals surface area contributed by atoms with Crippen molar-refractivity contribution in [3.63, 3.8) is 0 Å². The molecule has 3 aromatic heterocycles. The third-order valence-corrected chi connectivity index (χ3v) is 5.49. The predicted molar refractivity (Wildman–Crippen MR) is 121 cm³/mol. The number of methoxy groups -OCH3 is 2. The van der Waals surface area contributed by atoms with Crippen molar-refractivity contribution in [2.45, 2.75) is 19.8 Å². The van der Waals surface area contributed by atoms with Gasteiger partial charge in [-0.25, -0.2) is 4.98 Å². The smallest absolute Gasteiger partial charge is 0.295 e. The van der Waals surface area contributed by atoms with Crippen LogP contribution in [0.5, 0.6) is 10.9 Å². The summed E-state index contributed by atoms with van der Waals surface area (Å²) < 4.78 is 16.0. The maximum Gasteiger partial charge on any atom is 0.295 e. The molecule has 4 heterocycles. The van der Waals surface area contributed by atoms with Crippen LogP contribution >= 0.6 is 27.3 Å². The number of rotatable bonds is 5. The molecule has 4 rings (SSSR count). The fraction of sp³-hybridized carbons (Fsp3) is 0.350. The summed E-state index contributed by atoms with van der Waals surface area (Å²) in [6, 6.07) is 3.61. The Morgan fingerprint density at radius 1 is 1.10 bits per heavy atom. The first-order chi connectivity index (χ1) is 15.0. The summed E-state index contributed by atoms with van der Waals surface area (Å²) in [7, 11) is 3.04. The molecule has 31 heavy (non-hydrogen) atoms. The molecule has 11 heteroatoms. The van der Waals surface area contributed by atoms with E-state index < -0.39 is 0 Å². The Morgan fingerprint density at radius 3 is 2.48 bits per heavy atom. The van der Waals surface area contributed by atoms with E-state index in [0.717, 1.165) is 35.8 Å². The van der Waals surface area contributed by atoms with Gasteiger partial charge in [0, 0.05) is 36.2 Å². The SMILES string of the molecule is C1CCOC1.COc1nnc(NC(=O)c2cnc(C)cc2-c2cc(Br)ncc2OC)s1. The minimum Gasteiger partial charge on any atom is -0.494 e. The van der Waals surface area contributed by atoms with E-state index in [9.17, 15) is 4.79 Å². The van der Waals surface area contributed by atoms with Crippen molar-refractivity contribution in [1.29, 1.82) is 0 Å². The van der Waals surface area contributed by atoms with Gasteiger partial charge in [0.25, 0.3) is 11.1 Å². The van der Waals surface area contributed by atoms with Gasteiger partial charge in [0.15, 0.2) is 0 Å². The molecule has 0 spiro atoms. The van der Waals surface area contributed by atoms with Gasteiger partial charge < -0.3 is 14.2 Å². The normalized spacial score (nSPS) is 12.6. The Bertz CT molecular complexity index is 1030. The van der Waals surface area contributed by atoms with E-state index in [1.54, 1.807) is 19.4 Å². The summed E-state index contributed by atoms with van der Waals surface area (Å²) in [5.41, 5.74) is 2.54. The molecule has 9 nitrogen and oxygen atoms in total. The van der Waals surface area contributed by atoms with Crippen LogP contribution in [0.15, 0.2) is 29.1 Å². The number of halogens is 1. The maximum absolute atomic E-state index is 12.8. The third kappa shape index (κ3) is 6.18. The number of aromatic nitrogens is 4. The Kier molecular flexibility index (Phi) is 8.27. The second-order valence-electron chi connectivity index (χ2n) is 6.43. The summed E-state index contributed by atoms with van der Waals surface area (Å²) in [4.78, 5) is 21.2. The van der Waals surface area contributed by atoms with E-state index in [4.69, 9.17) is 14.2 Å². The van der Waals surface area contributed by atoms with Gasteiger partial charge in [-0.05, 0) is 59.2 Å². The summed E-state index contributed by atoms with van der Waals surface area (Å²) in [5, 5.41) is 11.1. The van der Waals surface area contributed by atoms with Crippen LogP contribution in [0.3, 0.4) is 0 Å². The fourth-order valence-corrected chi connectivity index (χ4v) is 3.66. The number of pyridine rings is 2. The van der Waals surface area contributed by atoms with Gasteiger partial charge >= 0.3 is 0 Å². The molecule has 0 aliphatic carbocycles. The first-order valence-electron chi connectivity index (χ1n) is 9.45. The number of amides is 1. The van der Waals surface area contributed by atoms with Gasteiger partial charge in [-0.2, -0.15) is 0 Å². The molecule has 1 amide bonds. The van der Waals surface area contributed by atoms with Crippen LogP contribution in [0.4, 0.5) is 5.13 Å². The lowest BCUT2D eigenvalue weighted by Crippen LogP contribution is -2.14. The van der Waals surface area contributed by atoms with Crippen LogP contribution in [-0.2, 0) is 4.74 Å². The second-order valence-corrected chi connectivity index (χ2v) is 8.18. The number of ether oxygens (including phenoxy) is 3. The Balaban J connectivity index is 0.000000478. The molecule has 0 radical (unpaired) electrons. The van der Waals surface area contributed by atoms with Crippen molar-refractivity contribution in [2.24, 2.45) is 0 Å². The van der Waals surface area contributed by atoms with Crippen LogP contribution in [0, 0.1) is 6.92 Å². The lowest BCUT2D eigenvalue weighted by Gasteiger charge is -2.13. The van der Waals surface area contributed by atoms with Gasteiger partial charge in [-0.15, -0.1) is 5.10 Å². The van der Waals surface area contributed by atoms with Crippen LogP contribution < -0.4 is 14.8 Å². The second kappa shape index (κ2) is 11.1. The highest BCUT2D eigenvalue weighted by atomic mass is 79.9. The molecule has 164 valence electrons. The van der Waals surface area contributed by atoms with Gasteiger partial charge in [0.2, 0.25) is 5.13 Å². The quantitative estimate of drug-likeness (QED) is 0.513. The molecule has 0 saturated carbocycles. The number of aryl methyl sites for hydroxylation is 1. The molecule has 0 bridgehead atoms. The number of nitrogens with one attached hydrogen (secondary N) is 1. The first-order valence-corrected chi connectivity index (χ1v) is 11.1. The van der Waals surface area contributed by atoms with E-state index in [2.05, 4.69) is 41.4 Å². The lowest BCUT2D eigenvalue weighted by molar-refractivity contribution is 0.102. The minimum atomic E-state index is -0.360. The average Bonchev–Trinajstić information content (AvgIpc) is 3.49. The Morgan fingerprint density at radius 2 is 1.87 bits per heavy atom. The lowest BCUT2D eigenvalue weighted by atomic mass is 10.0. The highest BCUT2D eigenvalue weighted by Crippen LogP contribution is 2.34. The Hall–Kier alpha value is -2.63. The van der Waals surface area contributed by atoms with Crippen LogP contribution in [-0.4, -0.2) is 53.5 Å². The topological polar surface area (TPSA) is 108 Å². The molecule has 1 fully saturated rings. The van der Waals surface area contributed by atoms with E-state index in [-0.39, 0.29) is 5.91 Å². The molecular weight excluding hydrogens is 486 g/mol. The molecular formula is C20H22BrN5O4S. The molecule has 1 N–H and O–H groups in total. The van der Waals surface area contributed by atoms with Crippen molar-refractivity contribution in [2.75, 3.05) is 32.8 Å². The van der Waals surface area contributed by atoms with Gasteiger partial charge in [0.05, 0.1) is 26.0 Å². The van der Waals surface area contributed by atoms with Crippen molar-refractivity contribution >= 4 is 38.3 Å². The van der Waals surface area contributed by atoms with Gasteiger partial charge in [-0.3, -0.25) is 15.1 Å². The number of hydrogen-bond donors (Lipinski definition) is 1. The molecule has 1 aliphatic rings. The van der Waals surface area contributed by atoms with E-state index in [0.29, 0.717) is 31.8 Å². The van der Waals surface area contributed by atoms with Crippen LogP contribution in [0.25, 0.3) is 11.1 Å². The molecule has 0 atom stereocenters. The first kappa shape index (κ1) is 23.0. The summed E-state index contributed by atoms with van der Waals surface area (Å²) in [6.45, 7) is 3.85. The third-order valence-electron chi connectivity index (χ3n) is 4.26.